The number of anilines is 1. The van der Waals surface area contributed by atoms with Crippen molar-refractivity contribution in [2.75, 3.05) is 31.6 Å². The molecule has 0 aliphatic heterocycles. The summed E-state index contributed by atoms with van der Waals surface area (Å²) in [7, 11) is 0. The zero-order chi connectivity index (χ0) is 17.6. The molecule has 1 rings (SSSR count). The van der Waals surface area contributed by atoms with E-state index < -0.39 is 0 Å². The Morgan fingerprint density at radius 3 is 2.16 bits per heavy atom. The molecule has 25 heavy (non-hydrogen) atoms. The Morgan fingerprint density at radius 2 is 1.56 bits per heavy atom. The molecule has 0 fully saturated rings. The second kappa shape index (κ2) is 15.0. The molecule has 1 aromatic carbocycles. The molecular formula is C20H35ClN2O2. The van der Waals surface area contributed by atoms with Crippen LogP contribution in [0.4, 0.5) is 5.69 Å². The monoisotopic (exact) mass is 370 g/mol. The molecule has 5 heteroatoms. The number of carbonyl (C=O) groups is 1. The summed E-state index contributed by atoms with van der Waals surface area (Å²) < 4.78 is 5.75. The molecule has 1 amide bonds. The number of nitrogens with one attached hydrogen (secondary N) is 1. The largest absolute Gasteiger partial charge is 0.494 e. The maximum atomic E-state index is 12.0. The van der Waals surface area contributed by atoms with Gasteiger partial charge in [-0.15, -0.1) is 12.4 Å². The number of likely N-dealkylation sites (N-methyl/N-ethyl adjacent to an activating group) is 1. The summed E-state index contributed by atoms with van der Waals surface area (Å²) in [5, 5.41) is 2.93. The zero-order valence-electron chi connectivity index (χ0n) is 16.1. The summed E-state index contributed by atoms with van der Waals surface area (Å²) in [6, 6.07) is 7.64. The van der Waals surface area contributed by atoms with Crippen LogP contribution in [0.3, 0.4) is 0 Å². The Bertz CT molecular complexity index is 448. The number of nitrogens with zero attached hydrogens (tertiary/aromatic N) is 1. The molecule has 4 nitrogen and oxygen atoms in total. The molecule has 0 heterocycles. The standard InChI is InChI=1S/C20H34N2O2.ClH/c1-4-7-8-9-10-11-16-24-19-14-12-18(13-15-19)21-20(23)17-22(5-2)6-3;/h12-15H,4-11,16-17H2,1-3H3,(H,21,23);1H. The highest BCUT2D eigenvalue weighted by Crippen LogP contribution is 2.16. The van der Waals surface area contributed by atoms with Gasteiger partial charge in [-0.1, -0.05) is 52.9 Å². The number of amides is 1. The molecule has 0 aliphatic carbocycles. The van der Waals surface area contributed by atoms with Crippen molar-refractivity contribution in [1.29, 1.82) is 0 Å². The summed E-state index contributed by atoms with van der Waals surface area (Å²) in [6.07, 6.45) is 7.59. The fourth-order valence-corrected chi connectivity index (χ4v) is 2.56. The third-order valence-electron chi connectivity index (χ3n) is 4.17. The smallest absolute Gasteiger partial charge is 0.238 e. The third kappa shape index (κ3) is 11.1. The Hall–Kier alpha value is -1.26. The van der Waals surface area contributed by atoms with Crippen molar-refractivity contribution in [3.8, 4) is 5.75 Å². The minimum absolute atomic E-state index is 0. The van der Waals surface area contributed by atoms with Gasteiger partial charge in [-0.05, 0) is 43.8 Å². The van der Waals surface area contributed by atoms with Crippen LogP contribution in [0.25, 0.3) is 0 Å². The lowest BCUT2D eigenvalue weighted by atomic mass is 10.1. The molecule has 0 saturated heterocycles. The first kappa shape index (κ1) is 23.7. The van der Waals surface area contributed by atoms with E-state index in [-0.39, 0.29) is 18.3 Å². The number of unbranched alkanes of at least 4 members (excludes halogenated alkanes) is 5. The highest BCUT2D eigenvalue weighted by Gasteiger charge is 2.07. The van der Waals surface area contributed by atoms with Gasteiger partial charge in [0.25, 0.3) is 0 Å². The van der Waals surface area contributed by atoms with Gasteiger partial charge in [0.1, 0.15) is 5.75 Å². The average Bonchev–Trinajstić information content (AvgIpc) is 2.60. The van der Waals surface area contributed by atoms with E-state index in [9.17, 15) is 4.79 Å². The van der Waals surface area contributed by atoms with Crippen molar-refractivity contribution in [2.24, 2.45) is 0 Å². The van der Waals surface area contributed by atoms with Crippen LogP contribution in [0.5, 0.6) is 5.75 Å². The number of carbonyl (C=O) groups excluding carboxylic acids is 1. The highest BCUT2D eigenvalue weighted by molar-refractivity contribution is 5.92. The van der Waals surface area contributed by atoms with E-state index in [4.69, 9.17) is 4.74 Å². The van der Waals surface area contributed by atoms with E-state index in [1.54, 1.807) is 0 Å². The van der Waals surface area contributed by atoms with Gasteiger partial charge in [0.05, 0.1) is 13.2 Å². The Balaban J connectivity index is 0.00000576. The maximum absolute atomic E-state index is 12.0. The van der Waals surface area contributed by atoms with Crippen LogP contribution in [-0.4, -0.2) is 37.0 Å². The summed E-state index contributed by atoms with van der Waals surface area (Å²) in [6.45, 7) is 9.33. The molecule has 1 N–H and O–H groups in total. The van der Waals surface area contributed by atoms with Gasteiger partial charge < -0.3 is 10.1 Å². The first-order valence-electron chi connectivity index (χ1n) is 9.44. The van der Waals surface area contributed by atoms with Crippen LogP contribution >= 0.6 is 12.4 Å². The van der Waals surface area contributed by atoms with Crippen molar-refractivity contribution < 1.29 is 9.53 Å². The summed E-state index contributed by atoms with van der Waals surface area (Å²) in [5.74, 6) is 0.893. The first-order valence-corrected chi connectivity index (χ1v) is 9.44. The number of benzene rings is 1. The SMILES string of the molecule is CCCCCCCCOc1ccc(NC(=O)CN(CC)CC)cc1.Cl. The van der Waals surface area contributed by atoms with Crippen LogP contribution in [0.2, 0.25) is 0 Å². The number of hydrogen-bond acceptors (Lipinski definition) is 3. The Labute approximate surface area is 159 Å². The lowest BCUT2D eigenvalue weighted by Gasteiger charge is -2.17. The van der Waals surface area contributed by atoms with Gasteiger partial charge in [-0.2, -0.15) is 0 Å². The summed E-state index contributed by atoms with van der Waals surface area (Å²) >= 11 is 0. The van der Waals surface area contributed by atoms with E-state index in [0.717, 1.165) is 37.6 Å². The van der Waals surface area contributed by atoms with E-state index in [1.807, 2.05) is 24.3 Å². The molecule has 0 unspecified atom stereocenters. The van der Waals surface area contributed by atoms with Gasteiger partial charge in [0.2, 0.25) is 5.91 Å². The molecule has 0 aliphatic rings. The van der Waals surface area contributed by atoms with Gasteiger partial charge in [0, 0.05) is 5.69 Å². The quantitative estimate of drug-likeness (QED) is 0.489. The predicted molar refractivity (Wildman–Crippen MR) is 109 cm³/mol. The second-order valence-electron chi connectivity index (χ2n) is 6.15. The summed E-state index contributed by atoms with van der Waals surface area (Å²) in [4.78, 5) is 14.1. The molecular weight excluding hydrogens is 336 g/mol. The van der Waals surface area contributed by atoms with E-state index in [2.05, 4.69) is 31.0 Å². The Morgan fingerprint density at radius 1 is 0.960 bits per heavy atom. The average molecular weight is 371 g/mol. The van der Waals surface area contributed by atoms with Crippen LogP contribution in [0.1, 0.15) is 59.3 Å². The lowest BCUT2D eigenvalue weighted by molar-refractivity contribution is -0.117. The van der Waals surface area contributed by atoms with Crippen molar-refractivity contribution >= 4 is 24.0 Å². The van der Waals surface area contributed by atoms with Gasteiger partial charge >= 0.3 is 0 Å². The number of rotatable bonds is 13. The number of hydrogen-bond donors (Lipinski definition) is 1. The normalized spacial score (nSPS) is 10.4. The molecule has 0 aromatic heterocycles. The first-order chi connectivity index (χ1) is 11.7. The van der Waals surface area contributed by atoms with Gasteiger partial charge in [-0.25, -0.2) is 0 Å². The molecule has 0 atom stereocenters. The molecule has 0 spiro atoms. The minimum Gasteiger partial charge on any atom is -0.494 e. The molecule has 0 saturated carbocycles. The van der Waals surface area contributed by atoms with Crippen molar-refractivity contribution in [3.63, 3.8) is 0 Å². The van der Waals surface area contributed by atoms with E-state index in [1.165, 1.54) is 32.1 Å². The van der Waals surface area contributed by atoms with Crippen LogP contribution in [-0.2, 0) is 4.79 Å². The van der Waals surface area contributed by atoms with Crippen LogP contribution in [0, 0.1) is 0 Å². The number of halogens is 1. The predicted octanol–water partition coefficient (Wildman–Crippen LogP) is 5.13. The topological polar surface area (TPSA) is 41.6 Å². The fraction of sp³-hybridized carbons (Fsp3) is 0.650. The van der Waals surface area contributed by atoms with E-state index in [0.29, 0.717) is 6.54 Å². The van der Waals surface area contributed by atoms with Gasteiger partial charge in [0.15, 0.2) is 0 Å². The molecule has 144 valence electrons. The fourth-order valence-electron chi connectivity index (χ4n) is 2.56. The van der Waals surface area contributed by atoms with Crippen LogP contribution < -0.4 is 10.1 Å². The molecule has 0 radical (unpaired) electrons. The molecule has 0 bridgehead atoms. The summed E-state index contributed by atoms with van der Waals surface area (Å²) in [5.41, 5.74) is 0.819. The third-order valence-corrected chi connectivity index (χ3v) is 4.17. The minimum atomic E-state index is 0. The maximum Gasteiger partial charge on any atom is 0.238 e. The zero-order valence-corrected chi connectivity index (χ0v) is 16.9. The molecule has 1 aromatic rings. The number of ether oxygens (including phenoxy) is 1. The Kier molecular flexibility index (Phi) is 14.3. The van der Waals surface area contributed by atoms with Crippen molar-refractivity contribution in [2.45, 2.75) is 59.3 Å². The van der Waals surface area contributed by atoms with Crippen molar-refractivity contribution in [3.05, 3.63) is 24.3 Å². The second-order valence-corrected chi connectivity index (χ2v) is 6.15. The van der Waals surface area contributed by atoms with Gasteiger partial charge in [-0.3, -0.25) is 9.69 Å². The highest BCUT2D eigenvalue weighted by atomic mass is 35.5. The van der Waals surface area contributed by atoms with Crippen molar-refractivity contribution in [1.82, 2.24) is 4.90 Å². The van der Waals surface area contributed by atoms with E-state index >= 15 is 0 Å². The van der Waals surface area contributed by atoms with Crippen LogP contribution in [0.15, 0.2) is 24.3 Å². The lowest BCUT2D eigenvalue weighted by Crippen LogP contribution is -2.32.